The third-order valence-corrected chi connectivity index (χ3v) is 4.32. The Labute approximate surface area is 99.2 Å². The van der Waals surface area contributed by atoms with E-state index in [4.69, 9.17) is 0 Å². The fraction of sp³-hybridized carbons (Fsp3) is 0.818. The van der Waals surface area contributed by atoms with Crippen LogP contribution in [-0.4, -0.2) is 34.9 Å². The summed E-state index contributed by atoms with van der Waals surface area (Å²) in [5.41, 5.74) is 1.09. The second kappa shape index (κ2) is 5.13. The molecule has 0 spiro atoms. The zero-order chi connectivity index (χ0) is 11.5. The lowest BCUT2D eigenvalue weighted by Gasteiger charge is -2.34. The molecule has 5 heteroatoms. The highest BCUT2D eigenvalue weighted by Gasteiger charge is 2.22. The Morgan fingerprint density at radius 1 is 1.38 bits per heavy atom. The normalized spacial score (nSPS) is 26.4. The molecule has 1 aromatic heterocycles. The lowest BCUT2D eigenvalue weighted by Crippen LogP contribution is -2.42. The Hall–Kier alpha value is -0.630. The van der Waals surface area contributed by atoms with Gasteiger partial charge in [0.2, 0.25) is 0 Å². The molecular weight excluding hydrogens is 219 g/mol. The number of hydrogen-bond acceptors (Lipinski definition) is 3. The Morgan fingerprint density at radius 3 is 2.62 bits per heavy atom. The van der Waals surface area contributed by atoms with Gasteiger partial charge in [0, 0.05) is 13.1 Å². The largest absolute Gasteiger partial charge is 0.296 e. The summed E-state index contributed by atoms with van der Waals surface area (Å²) in [6.45, 7) is 4.48. The number of aromatic nitrogens is 3. The average molecular weight is 240 g/mol. The van der Waals surface area contributed by atoms with Crippen LogP contribution in [0.3, 0.4) is 0 Å². The van der Waals surface area contributed by atoms with E-state index < -0.39 is 0 Å². The van der Waals surface area contributed by atoms with Gasteiger partial charge < -0.3 is 0 Å². The van der Waals surface area contributed by atoms with Gasteiger partial charge in [-0.3, -0.25) is 5.01 Å². The predicted octanol–water partition coefficient (Wildman–Crippen LogP) is 1.36. The molecule has 1 atom stereocenters. The van der Waals surface area contributed by atoms with Gasteiger partial charge in [0.05, 0.1) is 6.20 Å². The van der Waals surface area contributed by atoms with Gasteiger partial charge in [-0.15, -0.1) is 5.10 Å². The van der Waals surface area contributed by atoms with Crippen molar-refractivity contribution in [3.05, 3.63) is 6.20 Å². The molecule has 0 aliphatic heterocycles. The molecule has 0 bridgehead atoms. The van der Waals surface area contributed by atoms with E-state index in [9.17, 15) is 0 Å². The molecule has 0 aromatic carbocycles. The highest BCUT2D eigenvalue weighted by atomic mass is 31.1. The lowest BCUT2D eigenvalue weighted by molar-refractivity contribution is 0.305. The van der Waals surface area contributed by atoms with Gasteiger partial charge in [0.15, 0.2) is 0 Å². The molecule has 0 amide bonds. The molecule has 0 radical (unpaired) electrons. The fourth-order valence-electron chi connectivity index (χ4n) is 2.31. The Morgan fingerprint density at radius 2 is 2.06 bits per heavy atom. The van der Waals surface area contributed by atoms with E-state index in [0.717, 1.165) is 19.9 Å². The molecule has 16 heavy (non-hydrogen) atoms. The Kier molecular flexibility index (Phi) is 3.80. The van der Waals surface area contributed by atoms with E-state index >= 15 is 0 Å². The number of hydrogen-bond donors (Lipinski definition) is 0. The van der Waals surface area contributed by atoms with Crippen LogP contribution in [0.1, 0.15) is 32.6 Å². The van der Waals surface area contributed by atoms with E-state index in [0.29, 0.717) is 6.04 Å². The molecule has 1 aliphatic rings. The third-order valence-electron chi connectivity index (χ3n) is 3.58. The maximum atomic E-state index is 4.18. The van der Waals surface area contributed by atoms with Crippen LogP contribution in [0.2, 0.25) is 0 Å². The number of nitrogens with zero attached hydrogens (tertiary/aromatic N) is 4. The second-order valence-electron chi connectivity index (χ2n) is 4.76. The summed E-state index contributed by atoms with van der Waals surface area (Å²) in [6.07, 6.45) is 7.29. The van der Waals surface area contributed by atoms with E-state index in [1.807, 2.05) is 4.79 Å². The first kappa shape index (κ1) is 11.8. The van der Waals surface area contributed by atoms with Gasteiger partial charge in [-0.1, -0.05) is 15.5 Å². The van der Waals surface area contributed by atoms with E-state index in [1.54, 1.807) is 0 Å². The molecule has 1 aromatic rings. The van der Waals surface area contributed by atoms with E-state index in [1.165, 1.54) is 25.7 Å². The van der Waals surface area contributed by atoms with Gasteiger partial charge in [0.25, 0.3) is 0 Å². The van der Waals surface area contributed by atoms with Crippen molar-refractivity contribution in [1.29, 1.82) is 0 Å². The lowest BCUT2D eigenvalue weighted by atomic mass is 9.87. The van der Waals surface area contributed by atoms with Gasteiger partial charge in [0.1, 0.15) is 5.44 Å². The van der Waals surface area contributed by atoms with Crippen molar-refractivity contribution in [2.24, 2.45) is 5.92 Å². The summed E-state index contributed by atoms with van der Waals surface area (Å²) < 4.78 is 0. The van der Waals surface area contributed by atoms with Crippen LogP contribution in [0.25, 0.3) is 0 Å². The fourth-order valence-corrected chi connectivity index (χ4v) is 2.70. The first-order valence-electron chi connectivity index (χ1n) is 6.04. The summed E-state index contributed by atoms with van der Waals surface area (Å²) in [6, 6.07) is 0.630. The molecule has 0 saturated heterocycles. The SMILES string of the molecule is CPc1cn(N(C)C2CCC(C)CC2)nn1. The molecule has 90 valence electrons. The monoisotopic (exact) mass is 240 g/mol. The predicted molar refractivity (Wildman–Crippen MR) is 69.5 cm³/mol. The van der Waals surface area contributed by atoms with Gasteiger partial charge in [-0.2, -0.15) is 4.79 Å². The molecule has 0 N–H and O–H groups in total. The summed E-state index contributed by atoms with van der Waals surface area (Å²) in [7, 11) is 2.85. The minimum Gasteiger partial charge on any atom is -0.296 e. The van der Waals surface area contributed by atoms with Crippen LogP contribution >= 0.6 is 8.58 Å². The minimum atomic E-state index is 0.630. The van der Waals surface area contributed by atoms with E-state index in [-0.39, 0.29) is 0 Å². The van der Waals surface area contributed by atoms with Crippen LogP contribution < -0.4 is 10.4 Å². The minimum absolute atomic E-state index is 0.630. The molecular formula is C11H21N4P. The molecule has 1 heterocycles. The maximum Gasteiger partial charge on any atom is 0.104 e. The average Bonchev–Trinajstić information content (AvgIpc) is 2.77. The first-order chi connectivity index (χ1) is 7.70. The highest BCUT2D eigenvalue weighted by Crippen LogP contribution is 2.25. The van der Waals surface area contributed by atoms with Crippen LogP contribution in [0.4, 0.5) is 0 Å². The van der Waals surface area contributed by atoms with Crippen LogP contribution in [-0.2, 0) is 0 Å². The molecule has 4 nitrogen and oxygen atoms in total. The van der Waals surface area contributed by atoms with Crippen molar-refractivity contribution < 1.29 is 0 Å². The van der Waals surface area contributed by atoms with Crippen molar-refractivity contribution in [1.82, 2.24) is 15.1 Å². The molecule has 1 aliphatic carbocycles. The summed E-state index contributed by atoms with van der Waals surface area (Å²) in [5.74, 6) is 0.896. The standard InChI is InChI=1S/C11H21N4P/c1-9-4-6-10(7-5-9)14(2)15-8-11(16-3)12-13-15/h8-10,16H,4-7H2,1-3H3. The van der Waals surface area contributed by atoms with Gasteiger partial charge in [-0.05, 0) is 43.5 Å². The van der Waals surface area contributed by atoms with Crippen molar-refractivity contribution in [3.8, 4) is 0 Å². The van der Waals surface area contributed by atoms with Crippen LogP contribution in [0.15, 0.2) is 6.20 Å². The van der Waals surface area contributed by atoms with Crippen molar-refractivity contribution in [2.45, 2.75) is 38.6 Å². The second-order valence-corrected chi connectivity index (χ2v) is 5.77. The topological polar surface area (TPSA) is 34.0 Å². The Balaban J connectivity index is 1.98. The summed E-state index contributed by atoms with van der Waals surface area (Å²) in [4.78, 5) is 1.91. The Bertz CT molecular complexity index is 330. The maximum absolute atomic E-state index is 4.18. The smallest absolute Gasteiger partial charge is 0.104 e. The van der Waals surface area contributed by atoms with Crippen LogP contribution in [0, 0.1) is 5.92 Å². The molecule has 2 rings (SSSR count). The zero-order valence-electron chi connectivity index (χ0n) is 10.3. The highest BCUT2D eigenvalue weighted by molar-refractivity contribution is 7.45. The molecule has 1 fully saturated rings. The van der Waals surface area contributed by atoms with Crippen molar-refractivity contribution in [2.75, 3.05) is 18.7 Å². The molecule has 1 unspecified atom stereocenters. The van der Waals surface area contributed by atoms with Crippen molar-refractivity contribution >= 4 is 14.0 Å². The third kappa shape index (κ3) is 2.54. The van der Waals surface area contributed by atoms with Gasteiger partial charge in [-0.25, -0.2) is 0 Å². The first-order valence-corrected chi connectivity index (χ1v) is 7.54. The number of rotatable bonds is 3. The van der Waals surface area contributed by atoms with Crippen molar-refractivity contribution in [3.63, 3.8) is 0 Å². The van der Waals surface area contributed by atoms with E-state index in [2.05, 4.69) is 42.2 Å². The van der Waals surface area contributed by atoms with Gasteiger partial charge >= 0.3 is 0 Å². The summed E-state index contributed by atoms with van der Waals surface area (Å²) in [5, 5.41) is 10.6. The zero-order valence-corrected chi connectivity index (χ0v) is 11.3. The molecule has 1 saturated carbocycles. The van der Waals surface area contributed by atoms with Crippen LogP contribution in [0.5, 0.6) is 0 Å². The summed E-state index contributed by atoms with van der Waals surface area (Å²) >= 11 is 0. The quantitative estimate of drug-likeness (QED) is 0.748.